The van der Waals surface area contributed by atoms with Gasteiger partial charge in [0.2, 0.25) is 11.5 Å². The maximum absolute atomic E-state index is 12.0. The van der Waals surface area contributed by atoms with Crippen LogP contribution in [-0.4, -0.2) is 18.1 Å². The van der Waals surface area contributed by atoms with Crippen LogP contribution in [0, 0.1) is 0 Å². The molecule has 1 spiro atoms. The summed E-state index contributed by atoms with van der Waals surface area (Å²) in [6, 6.07) is 7.57. The molecule has 3 nitrogen and oxygen atoms in total. The normalized spacial score (nSPS) is 29.3. The van der Waals surface area contributed by atoms with Crippen LogP contribution in [-0.2, 0) is 4.74 Å². The molecule has 1 atom stereocenters. The number of hydrogen-bond acceptors (Lipinski definition) is 3. The van der Waals surface area contributed by atoms with Gasteiger partial charge in [0, 0.05) is 17.7 Å². The molecule has 1 aromatic rings. The van der Waals surface area contributed by atoms with Gasteiger partial charge >= 0.3 is 0 Å². The maximum Gasteiger partial charge on any atom is 0.217 e. The Morgan fingerprint density at radius 2 is 2.21 bits per heavy atom. The lowest BCUT2D eigenvalue weighted by Crippen LogP contribution is -2.40. The van der Waals surface area contributed by atoms with E-state index in [-0.39, 0.29) is 5.78 Å². The number of carbonyl (C=O) groups excluding carboxylic acids is 1. The van der Waals surface area contributed by atoms with Gasteiger partial charge in [-0.2, -0.15) is 0 Å². The molecule has 2 heterocycles. The second kappa shape index (κ2) is 2.58. The average Bonchev–Trinajstić information content (AvgIpc) is 2.77. The van der Waals surface area contributed by atoms with Gasteiger partial charge in [0.05, 0.1) is 6.61 Å². The van der Waals surface area contributed by atoms with E-state index in [4.69, 9.17) is 4.74 Å². The molecule has 1 unspecified atom stereocenters. The Kier molecular flexibility index (Phi) is 1.47. The van der Waals surface area contributed by atoms with E-state index in [0.717, 1.165) is 24.1 Å². The molecule has 0 aromatic heterocycles. The third-order valence-electron chi connectivity index (χ3n) is 2.90. The number of ether oxygens (including phenoxy) is 1. The highest BCUT2D eigenvalue weighted by Crippen LogP contribution is 2.38. The summed E-state index contributed by atoms with van der Waals surface area (Å²) in [5.74, 6) is 0.0885. The second-order valence-corrected chi connectivity index (χ2v) is 3.78. The monoisotopic (exact) mass is 189 g/mol. The Morgan fingerprint density at radius 3 is 2.93 bits per heavy atom. The summed E-state index contributed by atoms with van der Waals surface area (Å²) in [6.07, 6.45) is 1.73. The van der Waals surface area contributed by atoms with Crippen molar-refractivity contribution in [1.82, 2.24) is 0 Å². The molecule has 0 aliphatic carbocycles. The van der Waals surface area contributed by atoms with Crippen molar-refractivity contribution in [3.8, 4) is 0 Å². The van der Waals surface area contributed by atoms with Crippen LogP contribution in [0.4, 0.5) is 5.69 Å². The van der Waals surface area contributed by atoms with Gasteiger partial charge in [0.15, 0.2) is 0 Å². The smallest absolute Gasteiger partial charge is 0.217 e. The van der Waals surface area contributed by atoms with E-state index < -0.39 is 5.72 Å². The lowest BCUT2D eigenvalue weighted by atomic mass is 10.0. The van der Waals surface area contributed by atoms with E-state index in [2.05, 4.69) is 5.32 Å². The number of fused-ring (bicyclic) bond motifs is 1. The van der Waals surface area contributed by atoms with Crippen molar-refractivity contribution >= 4 is 11.5 Å². The molecule has 1 N–H and O–H groups in total. The molecule has 0 bridgehead atoms. The van der Waals surface area contributed by atoms with Crippen LogP contribution in [0.5, 0.6) is 0 Å². The highest BCUT2D eigenvalue weighted by atomic mass is 16.5. The SMILES string of the molecule is O=C1c2ccccc2NC12CCCO2. The van der Waals surface area contributed by atoms with E-state index in [0.29, 0.717) is 6.61 Å². The Morgan fingerprint density at radius 1 is 1.36 bits per heavy atom. The molecule has 1 saturated heterocycles. The van der Waals surface area contributed by atoms with Crippen LogP contribution in [0.3, 0.4) is 0 Å². The van der Waals surface area contributed by atoms with Crippen LogP contribution in [0.2, 0.25) is 0 Å². The van der Waals surface area contributed by atoms with Gasteiger partial charge in [-0.1, -0.05) is 12.1 Å². The molecule has 0 amide bonds. The summed E-state index contributed by atoms with van der Waals surface area (Å²) in [4.78, 5) is 12.0. The van der Waals surface area contributed by atoms with Crippen LogP contribution >= 0.6 is 0 Å². The van der Waals surface area contributed by atoms with E-state index in [1.807, 2.05) is 24.3 Å². The van der Waals surface area contributed by atoms with Crippen LogP contribution in [0.1, 0.15) is 23.2 Å². The number of rotatable bonds is 0. The standard InChI is InChI=1S/C11H11NO2/c13-10-8-4-1-2-5-9(8)12-11(10)6-3-7-14-11/h1-2,4-5,12H,3,6-7H2. The van der Waals surface area contributed by atoms with Crippen molar-refractivity contribution in [2.45, 2.75) is 18.6 Å². The van der Waals surface area contributed by atoms with Crippen molar-refractivity contribution < 1.29 is 9.53 Å². The number of benzene rings is 1. The van der Waals surface area contributed by atoms with Gasteiger partial charge in [0.1, 0.15) is 0 Å². The maximum atomic E-state index is 12.0. The van der Waals surface area contributed by atoms with Crippen LogP contribution < -0.4 is 5.32 Å². The third kappa shape index (κ3) is 0.876. The fourth-order valence-corrected chi connectivity index (χ4v) is 2.20. The third-order valence-corrected chi connectivity index (χ3v) is 2.90. The first-order valence-electron chi connectivity index (χ1n) is 4.88. The molecule has 0 radical (unpaired) electrons. The highest BCUT2D eigenvalue weighted by Gasteiger charge is 2.48. The molecular formula is C11H11NO2. The first-order chi connectivity index (χ1) is 6.82. The molecule has 3 heteroatoms. The predicted octanol–water partition coefficient (Wildman–Crippen LogP) is 1.80. The quantitative estimate of drug-likeness (QED) is 0.676. The minimum Gasteiger partial charge on any atom is -0.351 e. The topological polar surface area (TPSA) is 38.3 Å². The molecule has 3 rings (SSSR count). The largest absolute Gasteiger partial charge is 0.351 e. The molecular weight excluding hydrogens is 178 g/mol. The van der Waals surface area contributed by atoms with Gasteiger partial charge < -0.3 is 10.1 Å². The Bertz CT molecular complexity index is 394. The van der Waals surface area contributed by atoms with Gasteiger partial charge in [-0.25, -0.2) is 0 Å². The Balaban J connectivity index is 2.09. The molecule has 1 fully saturated rings. The van der Waals surface area contributed by atoms with E-state index in [9.17, 15) is 4.79 Å². The van der Waals surface area contributed by atoms with Gasteiger partial charge in [-0.15, -0.1) is 0 Å². The van der Waals surface area contributed by atoms with E-state index in [1.54, 1.807) is 0 Å². The number of nitrogens with one attached hydrogen (secondary N) is 1. The summed E-state index contributed by atoms with van der Waals surface area (Å²) in [5, 5.41) is 3.19. The molecule has 0 saturated carbocycles. The molecule has 72 valence electrons. The lowest BCUT2D eigenvalue weighted by molar-refractivity contribution is 0.0296. The van der Waals surface area contributed by atoms with Crippen molar-refractivity contribution in [2.24, 2.45) is 0 Å². The Labute approximate surface area is 82.1 Å². The number of hydrogen-bond donors (Lipinski definition) is 1. The summed E-state index contributed by atoms with van der Waals surface area (Å²) in [5.41, 5.74) is 0.928. The van der Waals surface area contributed by atoms with Crippen molar-refractivity contribution in [3.63, 3.8) is 0 Å². The van der Waals surface area contributed by atoms with Crippen molar-refractivity contribution in [2.75, 3.05) is 11.9 Å². The number of anilines is 1. The summed E-state index contributed by atoms with van der Waals surface area (Å²) in [6.45, 7) is 0.673. The highest BCUT2D eigenvalue weighted by molar-refractivity contribution is 6.12. The van der Waals surface area contributed by atoms with Gasteiger partial charge in [0.25, 0.3) is 0 Å². The fourth-order valence-electron chi connectivity index (χ4n) is 2.20. The average molecular weight is 189 g/mol. The molecule has 14 heavy (non-hydrogen) atoms. The van der Waals surface area contributed by atoms with Crippen LogP contribution in [0.25, 0.3) is 0 Å². The zero-order valence-electron chi connectivity index (χ0n) is 7.75. The zero-order chi connectivity index (χ0) is 9.60. The minimum absolute atomic E-state index is 0.0885. The second-order valence-electron chi connectivity index (χ2n) is 3.78. The van der Waals surface area contributed by atoms with E-state index in [1.165, 1.54) is 0 Å². The Hall–Kier alpha value is -1.35. The molecule has 2 aliphatic rings. The number of carbonyl (C=O) groups is 1. The summed E-state index contributed by atoms with van der Waals surface area (Å²) in [7, 11) is 0. The number of ketones is 1. The van der Waals surface area contributed by atoms with Gasteiger partial charge in [-0.05, 0) is 18.6 Å². The molecule has 1 aromatic carbocycles. The predicted molar refractivity (Wildman–Crippen MR) is 52.3 cm³/mol. The molecule has 2 aliphatic heterocycles. The van der Waals surface area contributed by atoms with Gasteiger partial charge in [-0.3, -0.25) is 4.79 Å². The van der Waals surface area contributed by atoms with Crippen molar-refractivity contribution in [1.29, 1.82) is 0 Å². The first-order valence-corrected chi connectivity index (χ1v) is 4.88. The fraction of sp³-hybridized carbons (Fsp3) is 0.364. The lowest BCUT2D eigenvalue weighted by Gasteiger charge is -2.21. The first kappa shape index (κ1) is 8.00. The number of Topliss-reactive ketones (excluding diaryl/α,β-unsaturated/α-hetero) is 1. The van der Waals surface area contributed by atoms with Crippen molar-refractivity contribution in [3.05, 3.63) is 29.8 Å². The summed E-state index contributed by atoms with van der Waals surface area (Å²) >= 11 is 0. The summed E-state index contributed by atoms with van der Waals surface area (Å²) < 4.78 is 5.54. The van der Waals surface area contributed by atoms with Crippen LogP contribution in [0.15, 0.2) is 24.3 Å². The number of para-hydroxylation sites is 1. The van der Waals surface area contributed by atoms with E-state index >= 15 is 0 Å². The minimum atomic E-state index is -0.732. The zero-order valence-corrected chi connectivity index (χ0v) is 7.75.